The van der Waals surface area contributed by atoms with Gasteiger partial charge in [-0.2, -0.15) is 0 Å². The fourth-order valence-electron chi connectivity index (χ4n) is 3.06. The van der Waals surface area contributed by atoms with Gasteiger partial charge in [0.05, 0.1) is 0 Å². The van der Waals surface area contributed by atoms with Crippen LogP contribution in [-0.2, 0) is 11.3 Å². The van der Waals surface area contributed by atoms with E-state index >= 15 is 0 Å². The van der Waals surface area contributed by atoms with Crippen LogP contribution in [0, 0.1) is 12.7 Å². The fraction of sp³-hybridized carbons (Fsp3) is 0.300. The first-order chi connectivity index (χ1) is 12.5. The van der Waals surface area contributed by atoms with Crippen molar-refractivity contribution in [2.24, 2.45) is 0 Å². The van der Waals surface area contributed by atoms with Gasteiger partial charge >= 0.3 is 6.03 Å². The second-order valence-corrected chi connectivity index (χ2v) is 6.46. The lowest BCUT2D eigenvalue weighted by molar-refractivity contribution is -0.124. The summed E-state index contributed by atoms with van der Waals surface area (Å²) in [5, 5.41) is 5.56. The summed E-state index contributed by atoms with van der Waals surface area (Å²) in [7, 11) is 0. The molecule has 0 aliphatic carbocycles. The van der Waals surface area contributed by atoms with Crippen molar-refractivity contribution >= 4 is 17.6 Å². The lowest BCUT2D eigenvalue weighted by atomic mass is 10.2. The van der Waals surface area contributed by atoms with Gasteiger partial charge in [-0.3, -0.25) is 4.79 Å². The first-order valence-electron chi connectivity index (χ1n) is 8.70. The minimum absolute atomic E-state index is 0.107. The first kappa shape index (κ1) is 17.9. The molecule has 2 aromatic carbocycles. The molecule has 5 nitrogen and oxygen atoms in total. The van der Waals surface area contributed by atoms with Gasteiger partial charge in [-0.05, 0) is 38.0 Å². The Balaban J connectivity index is 1.59. The summed E-state index contributed by atoms with van der Waals surface area (Å²) in [5.74, 6) is -0.613. The molecule has 3 amide bonds. The van der Waals surface area contributed by atoms with Crippen LogP contribution in [0.25, 0.3) is 0 Å². The van der Waals surface area contributed by atoms with Gasteiger partial charge < -0.3 is 15.5 Å². The summed E-state index contributed by atoms with van der Waals surface area (Å²) in [6, 6.07) is 13.0. The van der Waals surface area contributed by atoms with Crippen molar-refractivity contribution in [1.82, 2.24) is 10.2 Å². The van der Waals surface area contributed by atoms with E-state index in [2.05, 4.69) is 10.6 Å². The molecule has 1 heterocycles. The molecule has 0 aromatic heterocycles. The summed E-state index contributed by atoms with van der Waals surface area (Å²) in [5.41, 5.74) is 2.22. The van der Waals surface area contributed by atoms with E-state index in [-0.39, 0.29) is 24.3 Å². The van der Waals surface area contributed by atoms with Gasteiger partial charge in [0, 0.05) is 24.3 Å². The molecule has 0 bridgehead atoms. The molecule has 1 aliphatic heterocycles. The van der Waals surface area contributed by atoms with E-state index in [0.29, 0.717) is 24.2 Å². The second-order valence-electron chi connectivity index (χ2n) is 6.46. The summed E-state index contributed by atoms with van der Waals surface area (Å²) in [6.07, 6.45) is 1.36. The Labute approximate surface area is 152 Å². The third-order valence-electron chi connectivity index (χ3n) is 4.53. The number of carbonyl (C=O) groups is 2. The van der Waals surface area contributed by atoms with E-state index in [9.17, 15) is 14.0 Å². The van der Waals surface area contributed by atoms with Crippen LogP contribution in [0.4, 0.5) is 14.9 Å². The van der Waals surface area contributed by atoms with Crippen LogP contribution in [0.2, 0.25) is 0 Å². The maximum atomic E-state index is 13.7. The lowest BCUT2D eigenvalue weighted by Crippen LogP contribution is -2.47. The molecule has 6 heteroatoms. The quantitative estimate of drug-likeness (QED) is 0.882. The van der Waals surface area contributed by atoms with Gasteiger partial charge in [0.15, 0.2) is 0 Å². The summed E-state index contributed by atoms with van der Waals surface area (Å²) >= 11 is 0. The molecule has 2 N–H and O–H groups in total. The number of anilines is 1. The number of carbonyl (C=O) groups excluding carboxylic acids is 2. The zero-order chi connectivity index (χ0) is 18.5. The molecule has 3 rings (SSSR count). The number of nitrogens with zero attached hydrogens (tertiary/aromatic N) is 1. The summed E-state index contributed by atoms with van der Waals surface area (Å²) in [4.78, 5) is 26.5. The van der Waals surface area contributed by atoms with Crippen LogP contribution in [-0.4, -0.2) is 29.4 Å². The van der Waals surface area contributed by atoms with Crippen molar-refractivity contribution in [3.05, 3.63) is 65.5 Å². The standard InChI is InChI=1S/C20H22FN3O2/c1-14-8-10-16(11-9-14)23-20(26)24-12-4-7-18(24)19(25)22-13-15-5-2-3-6-17(15)21/h2-3,5-6,8-11,18H,4,7,12-13H2,1H3,(H,22,25)(H,23,26)/t18-/m0/s1. The maximum absolute atomic E-state index is 13.7. The highest BCUT2D eigenvalue weighted by Crippen LogP contribution is 2.20. The third-order valence-corrected chi connectivity index (χ3v) is 4.53. The Morgan fingerprint density at radius 2 is 1.88 bits per heavy atom. The molecular weight excluding hydrogens is 333 g/mol. The molecule has 1 saturated heterocycles. The molecule has 0 unspecified atom stereocenters. The van der Waals surface area contributed by atoms with Crippen LogP contribution < -0.4 is 10.6 Å². The Hall–Kier alpha value is -2.89. The minimum Gasteiger partial charge on any atom is -0.350 e. The highest BCUT2D eigenvalue weighted by molar-refractivity contribution is 5.94. The topological polar surface area (TPSA) is 61.4 Å². The van der Waals surface area contributed by atoms with E-state index in [4.69, 9.17) is 0 Å². The fourth-order valence-corrected chi connectivity index (χ4v) is 3.06. The molecule has 136 valence electrons. The highest BCUT2D eigenvalue weighted by Gasteiger charge is 2.34. The normalized spacial score (nSPS) is 16.4. The maximum Gasteiger partial charge on any atom is 0.322 e. The molecule has 0 saturated carbocycles. The van der Waals surface area contributed by atoms with Crippen LogP contribution >= 0.6 is 0 Å². The number of rotatable bonds is 4. The van der Waals surface area contributed by atoms with Crippen molar-refractivity contribution in [2.75, 3.05) is 11.9 Å². The third kappa shape index (κ3) is 4.20. The number of nitrogens with one attached hydrogen (secondary N) is 2. The first-order valence-corrected chi connectivity index (χ1v) is 8.70. The Morgan fingerprint density at radius 1 is 1.15 bits per heavy atom. The number of likely N-dealkylation sites (tertiary alicyclic amines) is 1. The predicted octanol–water partition coefficient (Wildman–Crippen LogP) is 3.45. The van der Waals surface area contributed by atoms with Gasteiger partial charge in [-0.15, -0.1) is 0 Å². The number of urea groups is 1. The zero-order valence-corrected chi connectivity index (χ0v) is 14.7. The average Bonchev–Trinajstić information content (AvgIpc) is 3.13. The van der Waals surface area contributed by atoms with Gasteiger partial charge in [0.1, 0.15) is 11.9 Å². The smallest absolute Gasteiger partial charge is 0.322 e. The lowest BCUT2D eigenvalue weighted by Gasteiger charge is -2.24. The Morgan fingerprint density at radius 3 is 2.62 bits per heavy atom. The molecule has 1 fully saturated rings. The van der Waals surface area contributed by atoms with Crippen LogP contribution in [0.5, 0.6) is 0 Å². The van der Waals surface area contributed by atoms with Crippen molar-refractivity contribution < 1.29 is 14.0 Å². The second kappa shape index (κ2) is 7.99. The van der Waals surface area contributed by atoms with E-state index in [1.165, 1.54) is 11.0 Å². The monoisotopic (exact) mass is 355 g/mol. The number of hydrogen-bond donors (Lipinski definition) is 2. The number of benzene rings is 2. The summed E-state index contributed by atoms with van der Waals surface area (Å²) < 4.78 is 13.7. The predicted molar refractivity (Wildman–Crippen MR) is 98.2 cm³/mol. The Bertz CT molecular complexity index is 792. The zero-order valence-electron chi connectivity index (χ0n) is 14.7. The van der Waals surface area contributed by atoms with Gasteiger partial charge in [0.25, 0.3) is 0 Å². The number of halogens is 1. The van der Waals surface area contributed by atoms with Crippen LogP contribution in [0.1, 0.15) is 24.0 Å². The molecular formula is C20H22FN3O2. The van der Waals surface area contributed by atoms with Crippen molar-refractivity contribution in [3.63, 3.8) is 0 Å². The highest BCUT2D eigenvalue weighted by atomic mass is 19.1. The number of amides is 3. The van der Waals surface area contributed by atoms with Gasteiger partial charge in [-0.25, -0.2) is 9.18 Å². The van der Waals surface area contributed by atoms with Crippen molar-refractivity contribution in [1.29, 1.82) is 0 Å². The van der Waals surface area contributed by atoms with E-state index < -0.39 is 6.04 Å². The van der Waals surface area contributed by atoms with Crippen LogP contribution in [0.3, 0.4) is 0 Å². The molecule has 1 aliphatic rings. The molecule has 0 spiro atoms. The number of hydrogen-bond acceptors (Lipinski definition) is 2. The largest absolute Gasteiger partial charge is 0.350 e. The van der Waals surface area contributed by atoms with E-state index in [1.807, 2.05) is 31.2 Å². The number of aryl methyl sites for hydroxylation is 1. The van der Waals surface area contributed by atoms with Crippen molar-refractivity contribution in [2.45, 2.75) is 32.4 Å². The molecule has 1 atom stereocenters. The average molecular weight is 355 g/mol. The minimum atomic E-state index is -0.535. The van der Waals surface area contributed by atoms with Crippen molar-refractivity contribution in [3.8, 4) is 0 Å². The van der Waals surface area contributed by atoms with E-state index in [0.717, 1.165) is 12.0 Å². The van der Waals surface area contributed by atoms with Gasteiger partial charge in [0.2, 0.25) is 5.91 Å². The van der Waals surface area contributed by atoms with Crippen LogP contribution in [0.15, 0.2) is 48.5 Å². The summed E-state index contributed by atoms with van der Waals surface area (Å²) in [6.45, 7) is 2.60. The molecule has 2 aromatic rings. The SMILES string of the molecule is Cc1ccc(NC(=O)N2CCC[C@H]2C(=O)NCc2ccccc2F)cc1. The Kier molecular flexibility index (Phi) is 5.51. The molecule has 0 radical (unpaired) electrons. The molecule has 26 heavy (non-hydrogen) atoms. The van der Waals surface area contributed by atoms with E-state index in [1.54, 1.807) is 18.2 Å². The van der Waals surface area contributed by atoms with Gasteiger partial charge in [-0.1, -0.05) is 35.9 Å².